The highest BCUT2D eigenvalue weighted by Gasteiger charge is 2.22. The van der Waals surface area contributed by atoms with Crippen molar-refractivity contribution in [2.45, 2.75) is 39.3 Å². The minimum atomic E-state index is 0.687. The number of hydrogen-bond donors (Lipinski definition) is 1. The number of aryl methyl sites for hydroxylation is 1. The number of nitrogens with one attached hydrogen (secondary N) is 1. The van der Waals surface area contributed by atoms with Crippen molar-refractivity contribution in [3.05, 3.63) is 17.5 Å². The molecule has 2 heterocycles. The molecule has 0 bridgehead atoms. The van der Waals surface area contributed by atoms with Crippen molar-refractivity contribution in [3.8, 4) is 0 Å². The molecule has 4 heteroatoms. The monoisotopic (exact) mass is 236 g/mol. The van der Waals surface area contributed by atoms with Gasteiger partial charge in [-0.25, -0.2) is 0 Å². The van der Waals surface area contributed by atoms with Crippen LogP contribution in [0.15, 0.2) is 6.20 Å². The van der Waals surface area contributed by atoms with E-state index >= 15 is 0 Å². The lowest BCUT2D eigenvalue weighted by Gasteiger charge is -2.16. The van der Waals surface area contributed by atoms with Gasteiger partial charge >= 0.3 is 0 Å². The first kappa shape index (κ1) is 12.6. The van der Waals surface area contributed by atoms with Gasteiger partial charge in [0.05, 0.1) is 6.20 Å². The number of aromatic nitrogens is 2. The Labute approximate surface area is 104 Å². The Kier molecular flexibility index (Phi) is 4.18. The third-order valence-corrected chi connectivity index (χ3v) is 3.69. The molecule has 1 aliphatic rings. The zero-order valence-corrected chi connectivity index (χ0v) is 11.2. The van der Waals surface area contributed by atoms with E-state index in [2.05, 4.69) is 29.2 Å². The molecule has 0 amide bonds. The molecule has 1 N–H and O–H groups in total. The van der Waals surface area contributed by atoms with Crippen molar-refractivity contribution in [1.82, 2.24) is 20.0 Å². The van der Waals surface area contributed by atoms with Crippen LogP contribution in [0.3, 0.4) is 0 Å². The van der Waals surface area contributed by atoms with Crippen LogP contribution in [0, 0.1) is 6.92 Å². The van der Waals surface area contributed by atoms with Crippen LogP contribution in [0.1, 0.15) is 31.0 Å². The molecule has 2 rings (SSSR count). The van der Waals surface area contributed by atoms with E-state index in [0.717, 1.165) is 13.1 Å². The molecule has 0 aromatic carbocycles. The molecule has 1 aromatic heterocycles. The fraction of sp³-hybridized carbons (Fsp3) is 0.769. The topological polar surface area (TPSA) is 33.1 Å². The molecule has 0 saturated carbocycles. The molecule has 0 aliphatic carbocycles. The summed E-state index contributed by atoms with van der Waals surface area (Å²) in [6.07, 6.45) is 4.50. The molecule has 96 valence electrons. The van der Waals surface area contributed by atoms with E-state index in [1.165, 1.54) is 37.2 Å². The predicted octanol–water partition coefficient (Wildman–Crippen LogP) is 1.30. The van der Waals surface area contributed by atoms with Gasteiger partial charge in [0.1, 0.15) is 0 Å². The Hall–Kier alpha value is -0.870. The molecular formula is C13H24N4. The van der Waals surface area contributed by atoms with Crippen molar-refractivity contribution in [2.75, 3.05) is 19.6 Å². The largest absolute Gasteiger partial charge is 0.313 e. The second kappa shape index (κ2) is 5.65. The SMILES string of the molecule is CCCNC1CCN(Cc2cnn(C)c2C)C1. The number of rotatable bonds is 5. The number of nitrogens with zero attached hydrogens (tertiary/aromatic N) is 3. The highest BCUT2D eigenvalue weighted by Crippen LogP contribution is 2.15. The lowest BCUT2D eigenvalue weighted by molar-refractivity contribution is 0.319. The fourth-order valence-corrected chi connectivity index (χ4v) is 2.43. The molecule has 4 nitrogen and oxygen atoms in total. The maximum Gasteiger partial charge on any atom is 0.0537 e. The Bertz CT molecular complexity index is 358. The zero-order chi connectivity index (χ0) is 12.3. The molecular weight excluding hydrogens is 212 g/mol. The molecule has 17 heavy (non-hydrogen) atoms. The molecule has 1 unspecified atom stereocenters. The molecule has 1 aliphatic heterocycles. The zero-order valence-electron chi connectivity index (χ0n) is 11.2. The van der Waals surface area contributed by atoms with Crippen LogP contribution in [0.5, 0.6) is 0 Å². The number of hydrogen-bond acceptors (Lipinski definition) is 3. The summed E-state index contributed by atoms with van der Waals surface area (Å²) in [4.78, 5) is 2.53. The summed E-state index contributed by atoms with van der Waals surface area (Å²) >= 11 is 0. The van der Waals surface area contributed by atoms with Crippen molar-refractivity contribution in [3.63, 3.8) is 0 Å². The average molecular weight is 236 g/mol. The Morgan fingerprint density at radius 2 is 2.35 bits per heavy atom. The van der Waals surface area contributed by atoms with Gasteiger partial charge in [-0.15, -0.1) is 0 Å². The second-order valence-corrected chi connectivity index (χ2v) is 5.05. The first-order valence-electron chi connectivity index (χ1n) is 6.64. The van der Waals surface area contributed by atoms with Gasteiger partial charge in [-0.3, -0.25) is 9.58 Å². The van der Waals surface area contributed by atoms with Gasteiger partial charge in [-0.05, 0) is 26.3 Å². The Balaban J connectivity index is 1.83. The standard InChI is InChI=1S/C13H24N4/c1-4-6-14-13-5-7-17(10-13)9-12-8-15-16(3)11(12)2/h8,13-14H,4-7,9-10H2,1-3H3. The normalized spacial score (nSPS) is 21.2. The van der Waals surface area contributed by atoms with Crippen molar-refractivity contribution < 1.29 is 0 Å². The summed E-state index contributed by atoms with van der Waals surface area (Å²) < 4.78 is 1.96. The van der Waals surface area contributed by atoms with E-state index < -0.39 is 0 Å². The molecule has 1 saturated heterocycles. The van der Waals surface area contributed by atoms with Gasteiger partial charge in [0, 0.05) is 44.0 Å². The summed E-state index contributed by atoms with van der Waals surface area (Å²) in [5.74, 6) is 0. The van der Waals surface area contributed by atoms with Crippen LogP contribution in [0.25, 0.3) is 0 Å². The van der Waals surface area contributed by atoms with Crippen LogP contribution in [-0.2, 0) is 13.6 Å². The Morgan fingerprint density at radius 1 is 1.53 bits per heavy atom. The van der Waals surface area contributed by atoms with Gasteiger partial charge in [-0.1, -0.05) is 6.92 Å². The van der Waals surface area contributed by atoms with Gasteiger partial charge in [-0.2, -0.15) is 5.10 Å². The van der Waals surface area contributed by atoms with E-state index in [1.807, 2.05) is 17.9 Å². The summed E-state index contributed by atoms with van der Waals surface area (Å²) in [5, 5.41) is 7.91. The fourth-order valence-electron chi connectivity index (χ4n) is 2.43. The minimum Gasteiger partial charge on any atom is -0.313 e. The first-order chi connectivity index (χ1) is 8.20. The van der Waals surface area contributed by atoms with Crippen LogP contribution >= 0.6 is 0 Å². The predicted molar refractivity (Wildman–Crippen MR) is 69.9 cm³/mol. The molecule has 1 aromatic rings. The lowest BCUT2D eigenvalue weighted by Crippen LogP contribution is -2.32. The van der Waals surface area contributed by atoms with E-state index in [1.54, 1.807) is 0 Å². The van der Waals surface area contributed by atoms with E-state index in [0.29, 0.717) is 6.04 Å². The summed E-state index contributed by atoms with van der Waals surface area (Å²) in [6.45, 7) is 8.93. The molecule has 0 radical (unpaired) electrons. The van der Waals surface area contributed by atoms with Crippen LogP contribution < -0.4 is 5.32 Å². The van der Waals surface area contributed by atoms with E-state index in [4.69, 9.17) is 0 Å². The molecule has 1 fully saturated rings. The maximum atomic E-state index is 4.30. The van der Waals surface area contributed by atoms with Crippen LogP contribution in [0.4, 0.5) is 0 Å². The summed E-state index contributed by atoms with van der Waals surface area (Å²) in [7, 11) is 2.01. The number of likely N-dealkylation sites (tertiary alicyclic amines) is 1. The highest BCUT2D eigenvalue weighted by atomic mass is 15.3. The Morgan fingerprint density at radius 3 is 3.00 bits per heavy atom. The van der Waals surface area contributed by atoms with E-state index in [9.17, 15) is 0 Å². The van der Waals surface area contributed by atoms with Gasteiger partial charge in [0.2, 0.25) is 0 Å². The van der Waals surface area contributed by atoms with Gasteiger partial charge < -0.3 is 5.32 Å². The summed E-state index contributed by atoms with van der Waals surface area (Å²) in [5.41, 5.74) is 2.65. The van der Waals surface area contributed by atoms with Crippen molar-refractivity contribution >= 4 is 0 Å². The van der Waals surface area contributed by atoms with Crippen LogP contribution in [-0.4, -0.2) is 40.4 Å². The van der Waals surface area contributed by atoms with Crippen LogP contribution in [0.2, 0.25) is 0 Å². The van der Waals surface area contributed by atoms with Gasteiger partial charge in [0.25, 0.3) is 0 Å². The average Bonchev–Trinajstić information content (AvgIpc) is 2.89. The summed E-state index contributed by atoms with van der Waals surface area (Å²) in [6, 6.07) is 0.687. The minimum absolute atomic E-state index is 0.687. The van der Waals surface area contributed by atoms with Crippen molar-refractivity contribution in [1.29, 1.82) is 0 Å². The lowest BCUT2D eigenvalue weighted by atomic mass is 10.2. The smallest absolute Gasteiger partial charge is 0.0537 e. The van der Waals surface area contributed by atoms with Crippen molar-refractivity contribution in [2.24, 2.45) is 7.05 Å². The maximum absolute atomic E-state index is 4.30. The third kappa shape index (κ3) is 3.07. The molecule has 1 atom stereocenters. The quantitative estimate of drug-likeness (QED) is 0.836. The third-order valence-electron chi connectivity index (χ3n) is 3.69. The first-order valence-corrected chi connectivity index (χ1v) is 6.64. The van der Waals surface area contributed by atoms with Gasteiger partial charge in [0.15, 0.2) is 0 Å². The molecule has 0 spiro atoms. The highest BCUT2D eigenvalue weighted by molar-refractivity contribution is 5.15. The van der Waals surface area contributed by atoms with E-state index in [-0.39, 0.29) is 0 Å². The second-order valence-electron chi connectivity index (χ2n) is 5.05.